The van der Waals surface area contributed by atoms with Gasteiger partial charge in [0.1, 0.15) is 6.61 Å². The Balaban J connectivity index is 1.54. The molecular weight excluding hydrogens is 415 g/mol. The SMILES string of the molecule is CC(C)N1CCC(C(=O)N2CCN(c3cccc(COC(=O)N=C(N)N)c3F)CC2)CC1. The number of piperazine rings is 1. The number of anilines is 1. The van der Waals surface area contributed by atoms with E-state index in [4.69, 9.17) is 16.2 Å². The Morgan fingerprint density at radius 3 is 2.38 bits per heavy atom. The highest BCUT2D eigenvalue weighted by molar-refractivity contribution is 5.87. The molecule has 2 saturated heterocycles. The van der Waals surface area contributed by atoms with E-state index in [-0.39, 0.29) is 24.0 Å². The Labute approximate surface area is 188 Å². The van der Waals surface area contributed by atoms with Crippen LogP contribution in [0.2, 0.25) is 0 Å². The van der Waals surface area contributed by atoms with Gasteiger partial charge in [-0.05, 0) is 45.8 Å². The molecule has 9 nitrogen and oxygen atoms in total. The standard InChI is InChI=1S/C22H33FN6O3/c1-15(2)27-8-6-16(7-9-27)20(30)29-12-10-28(11-13-29)18-5-3-4-17(19(18)23)14-32-22(31)26-21(24)25/h3-5,15-16H,6-14H2,1-2H3,(H4,24,25,26,31). The van der Waals surface area contributed by atoms with Gasteiger partial charge in [-0.25, -0.2) is 9.18 Å². The number of benzene rings is 1. The van der Waals surface area contributed by atoms with Gasteiger partial charge in [0.05, 0.1) is 5.69 Å². The van der Waals surface area contributed by atoms with Gasteiger partial charge in [0, 0.05) is 43.7 Å². The molecule has 10 heteroatoms. The van der Waals surface area contributed by atoms with Crippen LogP contribution in [0.3, 0.4) is 0 Å². The molecule has 0 radical (unpaired) electrons. The maximum atomic E-state index is 15.0. The fraction of sp³-hybridized carbons (Fsp3) is 0.591. The number of carbonyl (C=O) groups is 2. The summed E-state index contributed by atoms with van der Waals surface area (Å²) < 4.78 is 19.9. The predicted octanol–water partition coefficient (Wildman–Crippen LogP) is 1.50. The largest absolute Gasteiger partial charge is 0.443 e. The van der Waals surface area contributed by atoms with Gasteiger partial charge in [-0.3, -0.25) is 4.79 Å². The number of nitrogens with two attached hydrogens (primary N) is 2. The molecule has 2 amide bonds. The van der Waals surface area contributed by atoms with Crippen molar-refractivity contribution in [1.29, 1.82) is 0 Å². The van der Waals surface area contributed by atoms with Gasteiger partial charge in [-0.2, -0.15) is 0 Å². The van der Waals surface area contributed by atoms with Crippen molar-refractivity contribution in [3.8, 4) is 0 Å². The number of likely N-dealkylation sites (tertiary alicyclic amines) is 1. The quantitative estimate of drug-likeness (QED) is 0.518. The van der Waals surface area contributed by atoms with Crippen LogP contribution in [0, 0.1) is 11.7 Å². The number of ether oxygens (including phenoxy) is 1. The van der Waals surface area contributed by atoms with Crippen LogP contribution in [0.4, 0.5) is 14.9 Å². The first-order valence-electron chi connectivity index (χ1n) is 11.1. The second-order valence-electron chi connectivity index (χ2n) is 8.56. The smallest absolute Gasteiger partial charge is 0.437 e. The zero-order valence-corrected chi connectivity index (χ0v) is 18.8. The number of aliphatic imine (C=N–C) groups is 1. The van der Waals surface area contributed by atoms with Crippen molar-refractivity contribution in [1.82, 2.24) is 9.80 Å². The van der Waals surface area contributed by atoms with Gasteiger partial charge < -0.3 is 30.9 Å². The van der Waals surface area contributed by atoms with Gasteiger partial charge in [-0.15, -0.1) is 4.99 Å². The fourth-order valence-corrected chi connectivity index (χ4v) is 4.29. The third-order valence-corrected chi connectivity index (χ3v) is 6.17. The fourth-order valence-electron chi connectivity index (χ4n) is 4.29. The maximum absolute atomic E-state index is 15.0. The highest BCUT2D eigenvalue weighted by Crippen LogP contribution is 2.26. The topological polar surface area (TPSA) is 117 Å². The van der Waals surface area contributed by atoms with E-state index in [2.05, 4.69) is 23.7 Å². The van der Waals surface area contributed by atoms with Crippen LogP contribution in [0.15, 0.2) is 23.2 Å². The van der Waals surface area contributed by atoms with Crippen molar-refractivity contribution in [2.75, 3.05) is 44.2 Å². The van der Waals surface area contributed by atoms with Crippen LogP contribution >= 0.6 is 0 Å². The van der Waals surface area contributed by atoms with Crippen LogP contribution < -0.4 is 16.4 Å². The van der Waals surface area contributed by atoms with Crippen LogP contribution in [-0.2, 0) is 16.1 Å². The Morgan fingerprint density at radius 1 is 1.12 bits per heavy atom. The number of carbonyl (C=O) groups excluding carboxylic acids is 2. The van der Waals surface area contributed by atoms with Crippen LogP contribution in [0.1, 0.15) is 32.3 Å². The normalized spacial score (nSPS) is 18.0. The van der Waals surface area contributed by atoms with Crippen molar-refractivity contribution >= 4 is 23.6 Å². The molecule has 2 aliphatic rings. The third-order valence-electron chi connectivity index (χ3n) is 6.17. The summed E-state index contributed by atoms with van der Waals surface area (Å²) in [6.07, 6.45) is 0.819. The molecule has 176 valence electrons. The highest BCUT2D eigenvalue weighted by atomic mass is 19.1. The van der Waals surface area contributed by atoms with Gasteiger partial charge in [0.15, 0.2) is 11.8 Å². The summed E-state index contributed by atoms with van der Waals surface area (Å²) in [5.74, 6) is -0.571. The molecule has 2 aliphatic heterocycles. The van der Waals surface area contributed by atoms with E-state index >= 15 is 4.39 Å². The predicted molar refractivity (Wildman–Crippen MR) is 121 cm³/mol. The van der Waals surface area contributed by atoms with E-state index in [1.165, 1.54) is 0 Å². The van der Waals surface area contributed by atoms with Gasteiger partial charge in [0.25, 0.3) is 0 Å². The minimum absolute atomic E-state index is 0.0801. The number of hydrogen-bond acceptors (Lipinski definition) is 5. The van der Waals surface area contributed by atoms with Crippen molar-refractivity contribution in [2.24, 2.45) is 22.4 Å². The number of rotatable bonds is 5. The van der Waals surface area contributed by atoms with Crippen LogP contribution in [0.25, 0.3) is 0 Å². The second kappa shape index (κ2) is 10.6. The molecule has 2 fully saturated rings. The minimum Gasteiger partial charge on any atom is -0.443 e. The number of hydrogen-bond donors (Lipinski definition) is 2. The van der Waals surface area contributed by atoms with E-state index in [0.717, 1.165) is 25.9 Å². The molecule has 4 N–H and O–H groups in total. The average Bonchev–Trinajstić information content (AvgIpc) is 2.77. The first kappa shape index (κ1) is 23.8. The molecule has 0 aliphatic carbocycles. The number of halogens is 1. The Kier molecular flexibility index (Phi) is 7.89. The number of piperidine rings is 1. The zero-order valence-electron chi connectivity index (χ0n) is 18.8. The van der Waals surface area contributed by atoms with Crippen LogP contribution in [-0.4, -0.2) is 73.1 Å². The molecule has 0 aromatic heterocycles. The lowest BCUT2D eigenvalue weighted by atomic mass is 9.94. The molecule has 1 aromatic rings. The summed E-state index contributed by atoms with van der Waals surface area (Å²) in [6.45, 7) is 8.23. The summed E-state index contributed by atoms with van der Waals surface area (Å²) in [5, 5.41) is 0. The summed E-state index contributed by atoms with van der Waals surface area (Å²) in [5.41, 5.74) is 10.9. The van der Waals surface area contributed by atoms with E-state index in [0.29, 0.717) is 37.9 Å². The van der Waals surface area contributed by atoms with Gasteiger partial charge in [0.2, 0.25) is 5.91 Å². The van der Waals surface area contributed by atoms with Crippen molar-refractivity contribution < 1.29 is 18.7 Å². The van der Waals surface area contributed by atoms with Crippen molar-refractivity contribution in [3.63, 3.8) is 0 Å². The molecule has 0 spiro atoms. The number of nitrogens with zero attached hydrogens (tertiary/aromatic N) is 4. The lowest BCUT2D eigenvalue weighted by Crippen LogP contribution is -2.52. The first-order chi connectivity index (χ1) is 15.3. The van der Waals surface area contributed by atoms with E-state index in [1.807, 2.05) is 9.80 Å². The average molecular weight is 449 g/mol. The zero-order chi connectivity index (χ0) is 23.3. The molecule has 32 heavy (non-hydrogen) atoms. The molecule has 0 bridgehead atoms. The summed E-state index contributed by atoms with van der Waals surface area (Å²) >= 11 is 0. The Hall–Kier alpha value is -2.88. The van der Waals surface area contributed by atoms with E-state index in [9.17, 15) is 9.59 Å². The minimum atomic E-state index is -0.971. The Bertz CT molecular complexity index is 842. The third kappa shape index (κ3) is 5.87. The summed E-state index contributed by atoms with van der Waals surface area (Å²) in [6, 6.07) is 5.46. The Morgan fingerprint density at radius 2 is 1.78 bits per heavy atom. The summed E-state index contributed by atoms with van der Waals surface area (Å²) in [4.78, 5) is 33.9. The van der Waals surface area contributed by atoms with E-state index in [1.54, 1.807) is 18.2 Å². The molecule has 2 heterocycles. The van der Waals surface area contributed by atoms with Crippen LogP contribution in [0.5, 0.6) is 0 Å². The van der Waals surface area contributed by atoms with Gasteiger partial charge in [-0.1, -0.05) is 12.1 Å². The maximum Gasteiger partial charge on any atom is 0.437 e. The van der Waals surface area contributed by atoms with Gasteiger partial charge >= 0.3 is 6.09 Å². The molecular formula is C22H33FN6O3. The lowest BCUT2D eigenvalue weighted by molar-refractivity contribution is -0.137. The van der Waals surface area contributed by atoms with Crippen molar-refractivity contribution in [3.05, 3.63) is 29.6 Å². The number of amides is 2. The monoisotopic (exact) mass is 448 g/mol. The van der Waals surface area contributed by atoms with Crippen molar-refractivity contribution in [2.45, 2.75) is 39.3 Å². The molecule has 0 saturated carbocycles. The highest BCUT2D eigenvalue weighted by Gasteiger charge is 2.31. The molecule has 1 aromatic carbocycles. The second-order valence-corrected chi connectivity index (χ2v) is 8.56. The lowest BCUT2D eigenvalue weighted by Gasteiger charge is -2.40. The molecule has 0 unspecified atom stereocenters. The summed E-state index contributed by atoms with van der Waals surface area (Å²) in [7, 11) is 0. The van der Waals surface area contributed by atoms with E-state index < -0.39 is 17.9 Å². The number of guanidine groups is 1. The molecule has 0 atom stereocenters. The molecule has 3 rings (SSSR count). The first-order valence-corrected chi connectivity index (χ1v) is 11.1.